The molecule has 0 saturated carbocycles. The average molecular weight is 362 g/mol. The Hall–Kier alpha value is -3.49. The minimum Gasteiger partial charge on any atom is -0.496 e. The molecule has 1 N–H and O–H groups in total. The van der Waals surface area contributed by atoms with E-state index < -0.39 is 10.8 Å². The van der Waals surface area contributed by atoms with Crippen molar-refractivity contribution in [1.82, 2.24) is 5.32 Å². The fraction of sp³-hybridized carbons (Fsp3) is 0.235. The number of amides is 1. The van der Waals surface area contributed by atoms with Gasteiger partial charge in [-0.25, -0.2) is 0 Å². The Morgan fingerprint density at radius 1 is 1.15 bits per heavy atom. The first-order valence-corrected chi connectivity index (χ1v) is 7.47. The highest BCUT2D eigenvalue weighted by atomic mass is 16.6. The molecule has 0 aliphatic carbocycles. The first kappa shape index (κ1) is 18.8. The topological polar surface area (TPSA) is 113 Å². The maximum absolute atomic E-state index is 11.9. The van der Waals surface area contributed by atoms with Gasteiger partial charge in [0.15, 0.2) is 11.5 Å². The number of hydrogen-bond donors (Lipinski definition) is 1. The first-order chi connectivity index (χ1) is 12.5. The van der Waals surface area contributed by atoms with Gasteiger partial charge in [-0.3, -0.25) is 14.9 Å². The van der Waals surface area contributed by atoms with Crippen molar-refractivity contribution in [3.05, 3.63) is 51.8 Å². The highest BCUT2D eigenvalue weighted by Gasteiger charge is 2.13. The van der Waals surface area contributed by atoms with Crippen LogP contribution in [0.25, 0.3) is 6.08 Å². The Balaban J connectivity index is 2.04. The lowest BCUT2D eigenvalue weighted by molar-refractivity contribution is -0.402. The molecule has 9 heteroatoms. The number of benzene rings is 1. The number of nitrogens with one attached hydrogen (secondary N) is 1. The summed E-state index contributed by atoms with van der Waals surface area (Å²) in [5.74, 6) is 0.972. The molecule has 0 saturated heterocycles. The van der Waals surface area contributed by atoms with Crippen LogP contribution in [0.2, 0.25) is 0 Å². The molecule has 0 radical (unpaired) electrons. The van der Waals surface area contributed by atoms with Gasteiger partial charge >= 0.3 is 5.88 Å². The van der Waals surface area contributed by atoms with Gasteiger partial charge in [0.1, 0.15) is 16.4 Å². The van der Waals surface area contributed by atoms with Crippen molar-refractivity contribution < 1.29 is 28.3 Å². The fourth-order valence-electron chi connectivity index (χ4n) is 2.16. The van der Waals surface area contributed by atoms with Gasteiger partial charge in [0, 0.05) is 24.3 Å². The highest BCUT2D eigenvalue weighted by Crippen LogP contribution is 2.34. The van der Waals surface area contributed by atoms with Gasteiger partial charge in [0.25, 0.3) is 0 Å². The van der Waals surface area contributed by atoms with Gasteiger partial charge in [-0.2, -0.15) is 0 Å². The predicted octanol–water partition coefficient (Wildman–Crippen LogP) is 2.54. The summed E-state index contributed by atoms with van der Waals surface area (Å²) in [6, 6.07) is 5.99. The third-order valence-corrected chi connectivity index (χ3v) is 3.43. The number of carbonyl (C=O) groups is 1. The largest absolute Gasteiger partial charge is 0.496 e. The molecule has 1 aromatic heterocycles. The fourth-order valence-corrected chi connectivity index (χ4v) is 2.16. The van der Waals surface area contributed by atoms with Crippen molar-refractivity contribution in [2.75, 3.05) is 21.3 Å². The number of nitrogens with zero attached hydrogens (tertiary/aromatic N) is 1. The summed E-state index contributed by atoms with van der Waals surface area (Å²) in [7, 11) is 4.54. The SMILES string of the molecule is COc1cc(OC)c(OC)cc1CNC(=O)/C=C/c1ccc([N+](=O)[O-])o1. The van der Waals surface area contributed by atoms with E-state index in [1.54, 1.807) is 12.1 Å². The van der Waals surface area contributed by atoms with Crippen molar-refractivity contribution in [3.8, 4) is 17.2 Å². The zero-order valence-corrected chi connectivity index (χ0v) is 14.5. The molecule has 0 bridgehead atoms. The van der Waals surface area contributed by atoms with Crippen LogP contribution in [0.15, 0.2) is 34.8 Å². The van der Waals surface area contributed by atoms with Crippen molar-refractivity contribution in [1.29, 1.82) is 0 Å². The van der Waals surface area contributed by atoms with E-state index in [0.29, 0.717) is 22.8 Å². The molecule has 0 unspecified atom stereocenters. The van der Waals surface area contributed by atoms with E-state index in [4.69, 9.17) is 18.6 Å². The normalized spacial score (nSPS) is 10.6. The number of hydrogen-bond acceptors (Lipinski definition) is 7. The Bertz CT molecular complexity index is 827. The van der Waals surface area contributed by atoms with Crippen molar-refractivity contribution in [3.63, 3.8) is 0 Å². The van der Waals surface area contributed by atoms with E-state index in [1.165, 1.54) is 45.6 Å². The van der Waals surface area contributed by atoms with E-state index in [2.05, 4.69) is 5.32 Å². The second-order valence-electron chi connectivity index (χ2n) is 5.00. The van der Waals surface area contributed by atoms with Crippen molar-refractivity contribution in [2.24, 2.45) is 0 Å². The number of furan rings is 1. The van der Waals surface area contributed by atoms with E-state index in [1.807, 2.05) is 0 Å². The highest BCUT2D eigenvalue weighted by molar-refractivity contribution is 5.91. The summed E-state index contributed by atoms with van der Waals surface area (Å²) < 4.78 is 20.7. The van der Waals surface area contributed by atoms with E-state index in [9.17, 15) is 14.9 Å². The van der Waals surface area contributed by atoms with Gasteiger partial charge in [0.2, 0.25) is 5.91 Å². The number of methoxy groups -OCH3 is 3. The first-order valence-electron chi connectivity index (χ1n) is 7.47. The van der Waals surface area contributed by atoms with Gasteiger partial charge in [-0.05, 0) is 18.2 Å². The van der Waals surface area contributed by atoms with Crippen LogP contribution in [0, 0.1) is 10.1 Å². The van der Waals surface area contributed by atoms with Crippen LogP contribution in [0.1, 0.15) is 11.3 Å². The third-order valence-electron chi connectivity index (χ3n) is 3.43. The standard InChI is InChI=1S/C17H18N2O7/c1-23-13-9-15(25-3)14(24-2)8-11(13)10-18-16(20)6-4-12-5-7-17(26-12)19(21)22/h4-9H,10H2,1-3H3,(H,18,20)/b6-4+. The van der Waals surface area contributed by atoms with Crippen LogP contribution >= 0.6 is 0 Å². The maximum Gasteiger partial charge on any atom is 0.433 e. The second kappa shape index (κ2) is 8.56. The van der Waals surface area contributed by atoms with Crippen molar-refractivity contribution >= 4 is 17.9 Å². The molecule has 0 fully saturated rings. The number of nitro groups is 1. The monoisotopic (exact) mass is 362 g/mol. The lowest BCUT2D eigenvalue weighted by atomic mass is 10.1. The molecule has 1 heterocycles. The molecular formula is C17H18N2O7. The molecule has 2 rings (SSSR count). The Morgan fingerprint density at radius 2 is 1.81 bits per heavy atom. The van der Waals surface area contributed by atoms with E-state index >= 15 is 0 Å². The summed E-state index contributed by atoms with van der Waals surface area (Å²) >= 11 is 0. The predicted molar refractivity (Wildman–Crippen MR) is 92.3 cm³/mol. The summed E-state index contributed by atoms with van der Waals surface area (Å²) in [6.45, 7) is 0.186. The number of rotatable bonds is 8. The van der Waals surface area contributed by atoms with Crippen LogP contribution < -0.4 is 19.5 Å². The van der Waals surface area contributed by atoms with Crippen LogP contribution in [0.5, 0.6) is 17.2 Å². The van der Waals surface area contributed by atoms with Crippen molar-refractivity contribution in [2.45, 2.75) is 6.54 Å². The molecule has 0 atom stereocenters. The van der Waals surface area contributed by atoms with E-state index in [0.717, 1.165) is 0 Å². The zero-order chi connectivity index (χ0) is 19.1. The molecular weight excluding hydrogens is 344 g/mol. The summed E-state index contributed by atoms with van der Waals surface area (Å²) in [5.41, 5.74) is 0.695. The Morgan fingerprint density at radius 3 is 2.38 bits per heavy atom. The summed E-state index contributed by atoms with van der Waals surface area (Å²) in [6.07, 6.45) is 2.56. The Kier molecular flexibility index (Phi) is 6.20. The third kappa shape index (κ3) is 4.53. The lowest BCUT2D eigenvalue weighted by Crippen LogP contribution is -2.20. The van der Waals surface area contributed by atoms with E-state index in [-0.39, 0.29) is 18.2 Å². The van der Waals surface area contributed by atoms with Gasteiger partial charge in [-0.1, -0.05) is 0 Å². The number of ether oxygens (including phenoxy) is 3. The van der Waals surface area contributed by atoms with Gasteiger partial charge in [0.05, 0.1) is 27.4 Å². The van der Waals surface area contributed by atoms with Crippen LogP contribution in [0.4, 0.5) is 5.88 Å². The second-order valence-corrected chi connectivity index (χ2v) is 5.00. The summed E-state index contributed by atoms with van der Waals surface area (Å²) in [4.78, 5) is 21.8. The molecule has 26 heavy (non-hydrogen) atoms. The number of carbonyl (C=O) groups excluding carboxylic acids is 1. The minimum atomic E-state index is -0.652. The Labute approximate surface area is 149 Å². The molecule has 2 aromatic rings. The van der Waals surface area contributed by atoms with Gasteiger partial charge < -0.3 is 23.9 Å². The molecule has 0 aliphatic rings. The molecule has 0 aliphatic heterocycles. The molecule has 9 nitrogen and oxygen atoms in total. The average Bonchev–Trinajstić information content (AvgIpc) is 3.13. The molecule has 1 amide bonds. The van der Waals surface area contributed by atoms with Crippen LogP contribution in [0.3, 0.4) is 0 Å². The minimum absolute atomic E-state index is 0.186. The molecule has 0 spiro atoms. The lowest BCUT2D eigenvalue weighted by Gasteiger charge is -2.14. The summed E-state index contributed by atoms with van der Waals surface area (Å²) in [5, 5.41) is 13.2. The molecule has 138 valence electrons. The maximum atomic E-state index is 11.9. The quantitative estimate of drug-likeness (QED) is 0.436. The smallest absolute Gasteiger partial charge is 0.433 e. The van der Waals surface area contributed by atoms with Crippen LogP contribution in [-0.2, 0) is 11.3 Å². The molecule has 1 aromatic carbocycles. The van der Waals surface area contributed by atoms with Gasteiger partial charge in [-0.15, -0.1) is 0 Å². The zero-order valence-electron chi connectivity index (χ0n) is 14.5. The van der Waals surface area contributed by atoms with Crippen LogP contribution in [-0.4, -0.2) is 32.2 Å².